The van der Waals surface area contributed by atoms with Crippen molar-refractivity contribution in [2.75, 3.05) is 20.1 Å². The first kappa shape index (κ1) is 12.2. The van der Waals surface area contributed by atoms with Gasteiger partial charge in [-0.2, -0.15) is 0 Å². The molecule has 3 rings (SSSR count). The fraction of sp³-hybridized carbons (Fsp3) is 0.786. The van der Waals surface area contributed by atoms with Crippen LogP contribution in [0.4, 0.5) is 0 Å². The summed E-state index contributed by atoms with van der Waals surface area (Å²) in [6.45, 7) is 3.50. The first-order chi connectivity index (χ1) is 8.74. The van der Waals surface area contributed by atoms with Crippen LogP contribution in [0.1, 0.15) is 31.5 Å². The van der Waals surface area contributed by atoms with Crippen molar-refractivity contribution in [3.8, 4) is 0 Å². The molecule has 0 N–H and O–H groups in total. The highest BCUT2D eigenvalue weighted by Crippen LogP contribution is 2.29. The third-order valence-corrected chi connectivity index (χ3v) is 4.45. The van der Waals surface area contributed by atoms with Crippen molar-refractivity contribution in [2.24, 2.45) is 7.05 Å². The van der Waals surface area contributed by atoms with E-state index in [4.69, 9.17) is 0 Å². The summed E-state index contributed by atoms with van der Waals surface area (Å²) in [5.41, 5.74) is 0. The fourth-order valence-electron chi connectivity index (χ4n) is 2.99. The number of likely N-dealkylation sites (N-methyl/N-ethyl adjacent to an activating group) is 1. The molecule has 1 aromatic heterocycles. The van der Waals surface area contributed by atoms with Crippen LogP contribution in [0.3, 0.4) is 0 Å². The Morgan fingerprint density at radius 3 is 2.72 bits per heavy atom. The summed E-state index contributed by atoms with van der Waals surface area (Å²) in [5.74, 6) is 1.20. The highest BCUT2D eigenvalue weighted by atomic mass is 15.3. The van der Waals surface area contributed by atoms with E-state index < -0.39 is 0 Å². The maximum absolute atomic E-state index is 4.47. The van der Waals surface area contributed by atoms with Crippen LogP contribution in [0.5, 0.6) is 0 Å². The molecular weight excluding hydrogens is 224 g/mol. The zero-order chi connectivity index (χ0) is 12.5. The summed E-state index contributed by atoms with van der Waals surface area (Å²) >= 11 is 0. The predicted octanol–water partition coefficient (Wildman–Crippen LogP) is 1.48. The van der Waals surface area contributed by atoms with Crippen LogP contribution >= 0.6 is 0 Å². The Morgan fingerprint density at radius 2 is 2.17 bits per heavy atom. The molecule has 4 nitrogen and oxygen atoms in total. The van der Waals surface area contributed by atoms with Gasteiger partial charge in [-0.3, -0.25) is 4.90 Å². The van der Waals surface area contributed by atoms with Crippen molar-refractivity contribution < 1.29 is 0 Å². The van der Waals surface area contributed by atoms with Crippen molar-refractivity contribution in [3.63, 3.8) is 0 Å². The third kappa shape index (κ3) is 2.59. The maximum Gasteiger partial charge on any atom is 0.122 e. The number of hydrogen-bond acceptors (Lipinski definition) is 3. The molecule has 4 heteroatoms. The van der Waals surface area contributed by atoms with Gasteiger partial charge in [-0.25, -0.2) is 4.98 Å². The van der Waals surface area contributed by atoms with Crippen LogP contribution in [-0.4, -0.2) is 51.6 Å². The van der Waals surface area contributed by atoms with Crippen LogP contribution < -0.4 is 0 Å². The normalized spacial score (nSPS) is 25.2. The van der Waals surface area contributed by atoms with Crippen LogP contribution in [0.15, 0.2) is 12.4 Å². The first-order valence-electron chi connectivity index (χ1n) is 7.14. The van der Waals surface area contributed by atoms with E-state index in [9.17, 15) is 0 Å². The van der Waals surface area contributed by atoms with E-state index in [1.165, 1.54) is 44.6 Å². The van der Waals surface area contributed by atoms with Gasteiger partial charge in [-0.1, -0.05) is 0 Å². The quantitative estimate of drug-likeness (QED) is 0.789. The Balaban J connectivity index is 1.63. The maximum atomic E-state index is 4.47. The van der Waals surface area contributed by atoms with Gasteiger partial charge >= 0.3 is 0 Å². The second-order valence-corrected chi connectivity index (χ2v) is 5.89. The van der Waals surface area contributed by atoms with E-state index >= 15 is 0 Å². The lowest BCUT2D eigenvalue weighted by molar-refractivity contribution is 0.175. The second-order valence-electron chi connectivity index (χ2n) is 5.89. The van der Waals surface area contributed by atoms with Gasteiger partial charge in [0.25, 0.3) is 0 Å². The molecule has 2 heterocycles. The van der Waals surface area contributed by atoms with Gasteiger partial charge in [-0.05, 0) is 39.3 Å². The van der Waals surface area contributed by atoms with E-state index in [2.05, 4.69) is 33.4 Å². The van der Waals surface area contributed by atoms with Crippen molar-refractivity contribution in [1.29, 1.82) is 0 Å². The molecule has 1 saturated heterocycles. The van der Waals surface area contributed by atoms with E-state index in [0.29, 0.717) is 0 Å². The summed E-state index contributed by atoms with van der Waals surface area (Å²) in [6.07, 6.45) is 9.42. The minimum absolute atomic E-state index is 0.755. The molecule has 2 fully saturated rings. The number of imidazole rings is 1. The molecule has 1 atom stereocenters. The number of aryl methyl sites for hydroxylation is 1. The lowest BCUT2D eigenvalue weighted by Gasteiger charge is -2.28. The van der Waals surface area contributed by atoms with Gasteiger partial charge in [0, 0.05) is 38.1 Å². The summed E-state index contributed by atoms with van der Waals surface area (Å²) < 4.78 is 2.15. The standard InChI is InChI=1S/C14H24N4/c1-16-8-3-4-13(16)10-18(12-5-6-12)11-14-15-7-9-17(14)2/h7,9,12-13H,3-6,8,10-11H2,1-2H3. The Hall–Kier alpha value is -0.870. The minimum atomic E-state index is 0.755. The molecule has 0 spiro atoms. The molecule has 1 aliphatic heterocycles. The van der Waals surface area contributed by atoms with Gasteiger partial charge in [0.15, 0.2) is 0 Å². The molecule has 1 aromatic rings. The largest absolute Gasteiger partial charge is 0.337 e. The van der Waals surface area contributed by atoms with Gasteiger partial charge in [0.05, 0.1) is 6.54 Å². The topological polar surface area (TPSA) is 24.3 Å². The minimum Gasteiger partial charge on any atom is -0.337 e. The number of hydrogen-bond donors (Lipinski definition) is 0. The van der Waals surface area contributed by atoms with Crippen molar-refractivity contribution in [2.45, 2.75) is 44.3 Å². The Kier molecular flexibility index (Phi) is 3.39. The highest BCUT2D eigenvalue weighted by Gasteiger charge is 2.33. The first-order valence-corrected chi connectivity index (χ1v) is 7.14. The van der Waals surface area contributed by atoms with Gasteiger partial charge in [0.2, 0.25) is 0 Å². The van der Waals surface area contributed by atoms with Gasteiger partial charge < -0.3 is 9.47 Å². The van der Waals surface area contributed by atoms with Crippen LogP contribution in [0.25, 0.3) is 0 Å². The number of aromatic nitrogens is 2. The summed E-state index contributed by atoms with van der Waals surface area (Å²) in [4.78, 5) is 9.64. The molecule has 0 amide bonds. The fourth-order valence-corrected chi connectivity index (χ4v) is 2.99. The third-order valence-electron chi connectivity index (χ3n) is 4.45. The lowest BCUT2D eigenvalue weighted by atomic mass is 10.2. The van der Waals surface area contributed by atoms with E-state index in [1.807, 2.05) is 12.4 Å². The average molecular weight is 248 g/mol. The zero-order valence-electron chi connectivity index (χ0n) is 11.5. The molecular formula is C14H24N4. The molecule has 2 aliphatic rings. The Labute approximate surface area is 110 Å². The predicted molar refractivity (Wildman–Crippen MR) is 72.3 cm³/mol. The van der Waals surface area contributed by atoms with E-state index in [-0.39, 0.29) is 0 Å². The lowest BCUT2D eigenvalue weighted by Crippen LogP contribution is -2.39. The Morgan fingerprint density at radius 1 is 1.33 bits per heavy atom. The Bertz CT molecular complexity index is 396. The summed E-state index contributed by atoms with van der Waals surface area (Å²) in [6, 6.07) is 1.57. The molecule has 0 radical (unpaired) electrons. The molecule has 100 valence electrons. The molecule has 0 bridgehead atoms. The second kappa shape index (κ2) is 5.02. The summed E-state index contributed by atoms with van der Waals surface area (Å²) in [7, 11) is 4.36. The average Bonchev–Trinajstić information content (AvgIpc) is 3.02. The monoisotopic (exact) mass is 248 g/mol. The van der Waals surface area contributed by atoms with E-state index in [1.54, 1.807) is 0 Å². The van der Waals surface area contributed by atoms with E-state index in [0.717, 1.165) is 18.6 Å². The molecule has 1 aliphatic carbocycles. The van der Waals surface area contributed by atoms with Crippen LogP contribution in [0.2, 0.25) is 0 Å². The molecule has 1 unspecified atom stereocenters. The molecule has 1 saturated carbocycles. The van der Waals surface area contributed by atoms with Crippen molar-refractivity contribution >= 4 is 0 Å². The highest BCUT2D eigenvalue weighted by molar-refractivity contribution is 4.96. The van der Waals surface area contributed by atoms with Crippen molar-refractivity contribution in [3.05, 3.63) is 18.2 Å². The molecule has 0 aromatic carbocycles. The smallest absolute Gasteiger partial charge is 0.122 e. The van der Waals surface area contributed by atoms with Gasteiger partial charge in [0.1, 0.15) is 5.82 Å². The molecule has 18 heavy (non-hydrogen) atoms. The van der Waals surface area contributed by atoms with Crippen LogP contribution in [0, 0.1) is 0 Å². The van der Waals surface area contributed by atoms with Crippen molar-refractivity contribution in [1.82, 2.24) is 19.4 Å². The summed E-state index contributed by atoms with van der Waals surface area (Å²) in [5, 5.41) is 0. The number of rotatable bonds is 5. The zero-order valence-corrected chi connectivity index (χ0v) is 11.5. The van der Waals surface area contributed by atoms with Gasteiger partial charge in [-0.15, -0.1) is 0 Å². The number of nitrogens with zero attached hydrogens (tertiary/aromatic N) is 4. The number of likely N-dealkylation sites (tertiary alicyclic amines) is 1. The SMILES string of the molecule is CN1CCCC1CN(Cc1nccn1C)C1CC1. The van der Waals surface area contributed by atoms with Crippen LogP contribution in [-0.2, 0) is 13.6 Å².